The number of amides is 1. The molecule has 0 aromatic heterocycles. The zero-order valence-electron chi connectivity index (χ0n) is 14.9. The molecule has 0 saturated carbocycles. The average Bonchev–Trinajstić information content (AvgIpc) is 2.84. The van der Waals surface area contributed by atoms with Crippen molar-refractivity contribution in [1.29, 1.82) is 0 Å². The number of rotatable bonds is 6. The van der Waals surface area contributed by atoms with Gasteiger partial charge in [-0.1, -0.05) is 12.8 Å². The van der Waals surface area contributed by atoms with Crippen molar-refractivity contribution in [2.45, 2.75) is 46.5 Å². The van der Waals surface area contributed by atoms with Gasteiger partial charge in [0.2, 0.25) is 5.91 Å². The Morgan fingerprint density at radius 3 is 2.35 bits per heavy atom. The van der Waals surface area contributed by atoms with Crippen molar-refractivity contribution in [2.75, 3.05) is 42.9 Å². The molecule has 0 atom stereocenters. The van der Waals surface area contributed by atoms with Crippen molar-refractivity contribution in [2.24, 2.45) is 0 Å². The lowest BCUT2D eigenvalue weighted by molar-refractivity contribution is -0.129. The summed E-state index contributed by atoms with van der Waals surface area (Å²) in [6.45, 7) is 10.7. The second-order valence-electron chi connectivity index (χ2n) is 6.32. The molecular formula is C19H31N3O. The second kappa shape index (κ2) is 8.80. The first-order chi connectivity index (χ1) is 11.2. The molecule has 1 amide bonds. The van der Waals surface area contributed by atoms with E-state index >= 15 is 0 Å². The lowest BCUT2D eigenvalue weighted by atomic mass is 10.1. The van der Waals surface area contributed by atoms with Crippen LogP contribution in [0.5, 0.6) is 0 Å². The summed E-state index contributed by atoms with van der Waals surface area (Å²) in [4.78, 5) is 16.7. The molecule has 0 unspecified atom stereocenters. The summed E-state index contributed by atoms with van der Waals surface area (Å²) in [7, 11) is 0. The molecule has 23 heavy (non-hydrogen) atoms. The van der Waals surface area contributed by atoms with Crippen LogP contribution in [0.4, 0.5) is 11.4 Å². The lowest BCUT2D eigenvalue weighted by Gasteiger charge is -2.23. The maximum absolute atomic E-state index is 12.4. The number of nitrogens with one attached hydrogen (secondary N) is 1. The Morgan fingerprint density at radius 1 is 1.13 bits per heavy atom. The van der Waals surface area contributed by atoms with Crippen LogP contribution >= 0.6 is 0 Å². The highest BCUT2D eigenvalue weighted by molar-refractivity contribution is 5.81. The highest BCUT2D eigenvalue weighted by atomic mass is 16.2. The molecule has 1 heterocycles. The van der Waals surface area contributed by atoms with E-state index < -0.39 is 0 Å². The SMILES string of the molecule is CCN(CC)c1ccc(NCC(=O)N2CCCCCC2)c(C)c1. The van der Waals surface area contributed by atoms with Gasteiger partial charge in [-0.15, -0.1) is 0 Å². The van der Waals surface area contributed by atoms with Crippen LogP contribution in [-0.2, 0) is 4.79 Å². The number of hydrogen-bond donors (Lipinski definition) is 1. The molecule has 0 spiro atoms. The van der Waals surface area contributed by atoms with Crippen LogP contribution in [-0.4, -0.2) is 43.5 Å². The van der Waals surface area contributed by atoms with Crippen LogP contribution in [0, 0.1) is 6.92 Å². The van der Waals surface area contributed by atoms with Crippen molar-refractivity contribution in [3.05, 3.63) is 23.8 Å². The zero-order chi connectivity index (χ0) is 16.7. The molecule has 0 aliphatic carbocycles. The summed E-state index contributed by atoms with van der Waals surface area (Å²) in [5.41, 5.74) is 3.50. The summed E-state index contributed by atoms with van der Waals surface area (Å²) in [5, 5.41) is 3.32. The van der Waals surface area contributed by atoms with Crippen LogP contribution in [0.1, 0.15) is 45.1 Å². The Hall–Kier alpha value is -1.71. The predicted octanol–water partition coefficient (Wildman–Crippen LogP) is 3.66. The Bertz CT molecular complexity index is 503. The van der Waals surface area contributed by atoms with Crippen molar-refractivity contribution < 1.29 is 4.79 Å². The second-order valence-corrected chi connectivity index (χ2v) is 6.32. The molecule has 0 radical (unpaired) electrons. The zero-order valence-corrected chi connectivity index (χ0v) is 14.9. The van der Waals surface area contributed by atoms with E-state index in [0.29, 0.717) is 6.54 Å². The third kappa shape index (κ3) is 4.88. The molecule has 1 aliphatic heterocycles. The number of carbonyl (C=O) groups is 1. The minimum atomic E-state index is 0.221. The van der Waals surface area contributed by atoms with Crippen molar-refractivity contribution in [3.8, 4) is 0 Å². The molecule has 1 aromatic carbocycles. The van der Waals surface area contributed by atoms with Gasteiger partial charge in [0.15, 0.2) is 0 Å². The van der Waals surface area contributed by atoms with Crippen LogP contribution in [0.3, 0.4) is 0 Å². The van der Waals surface area contributed by atoms with Gasteiger partial charge in [0.05, 0.1) is 6.54 Å². The van der Waals surface area contributed by atoms with E-state index in [1.165, 1.54) is 24.1 Å². The van der Waals surface area contributed by atoms with Gasteiger partial charge in [-0.25, -0.2) is 0 Å². The molecule has 2 rings (SSSR count). The van der Waals surface area contributed by atoms with E-state index in [1.807, 2.05) is 4.90 Å². The van der Waals surface area contributed by atoms with Gasteiger partial charge in [-0.2, -0.15) is 0 Å². The summed E-state index contributed by atoms with van der Waals surface area (Å²) >= 11 is 0. The maximum atomic E-state index is 12.4. The van der Waals surface area contributed by atoms with Gasteiger partial charge in [0.25, 0.3) is 0 Å². The standard InChI is InChI=1S/C19H31N3O/c1-4-21(5-2)17-10-11-18(16(3)14-17)20-15-19(23)22-12-8-6-7-9-13-22/h10-11,14,20H,4-9,12-13,15H2,1-3H3. The predicted molar refractivity (Wildman–Crippen MR) is 98.3 cm³/mol. The molecule has 1 aromatic rings. The van der Waals surface area contributed by atoms with E-state index in [0.717, 1.165) is 44.7 Å². The van der Waals surface area contributed by atoms with Crippen LogP contribution < -0.4 is 10.2 Å². The molecule has 1 N–H and O–H groups in total. The normalized spacial score (nSPS) is 15.2. The van der Waals surface area contributed by atoms with E-state index in [2.05, 4.69) is 49.2 Å². The number of benzene rings is 1. The Kier molecular flexibility index (Phi) is 6.75. The van der Waals surface area contributed by atoms with Crippen LogP contribution in [0.25, 0.3) is 0 Å². The summed E-state index contributed by atoms with van der Waals surface area (Å²) in [5.74, 6) is 0.221. The monoisotopic (exact) mass is 317 g/mol. The number of anilines is 2. The molecule has 1 saturated heterocycles. The summed E-state index contributed by atoms with van der Waals surface area (Å²) in [6.07, 6.45) is 4.79. The van der Waals surface area contributed by atoms with Gasteiger partial charge < -0.3 is 15.1 Å². The quantitative estimate of drug-likeness (QED) is 0.870. The Balaban J connectivity index is 1.93. The van der Waals surface area contributed by atoms with Crippen LogP contribution in [0.2, 0.25) is 0 Å². The van der Waals surface area contributed by atoms with Gasteiger partial charge in [-0.05, 0) is 57.4 Å². The summed E-state index contributed by atoms with van der Waals surface area (Å²) in [6, 6.07) is 6.43. The van der Waals surface area contributed by atoms with Gasteiger partial charge in [0, 0.05) is 37.6 Å². The van der Waals surface area contributed by atoms with Crippen LogP contribution in [0.15, 0.2) is 18.2 Å². The van der Waals surface area contributed by atoms with Gasteiger partial charge in [-0.3, -0.25) is 4.79 Å². The minimum absolute atomic E-state index is 0.221. The minimum Gasteiger partial charge on any atom is -0.376 e. The lowest BCUT2D eigenvalue weighted by Crippen LogP contribution is -2.36. The molecule has 0 bridgehead atoms. The topological polar surface area (TPSA) is 35.6 Å². The Labute approximate surface area is 140 Å². The molecule has 4 nitrogen and oxygen atoms in total. The van der Waals surface area contributed by atoms with Crippen molar-refractivity contribution >= 4 is 17.3 Å². The van der Waals surface area contributed by atoms with E-state index in [1.54, 1.807) is 0 Å². The molecule has 1 aliphatic rings. The third-order valence-corrected chi connectivity index (χ3v) is 4.73. The first-order valence-electron chi connectivity index (χ1n) is 9.03. The number of carbonyl (C=O) groups excluding carboxylic acids is 1. The van der Waals surface area contributed by atoms with E-state index in [-0.39, 0.29) is 5.91 Å². The number of likely N-dealkylation sites (tertiary alicyclic amines) is 1. The molecule has 128 valence electrons. The first kappa shape index (κ1) is 17.6. The van der Waals surface area contributed by atoms with E-state index in [9.17, 15) is 4.79 Å². The number of nitrogens with zero attached hydrogens (tertiary/aromatic N) is 2. The first-order valence-corrected chi connectivity index (χ1v) is 9.03. The third-order valence-electron chi connectivity index (χ3n) is 4.73. The maximum Gasteiger partial charge on any atom is 0.241 e. The molecular weight excluding hydrogens is 286 g/mol. The van der Waals surface area contributed by atoms with Crippen molar-refractivity contribution in [3.63, 3.8) is 0 Å². The largest absolute Gasteiger partial charge is 0.376 e. The number of hydrogen-bond acceptors (Lipinski definition) is 3. The highest BCUT2D eigenvalue weighted by Crippen LogP contribution is 2.22. The van der Waals surface area contributed by atoms with Crippen molar-refractivity contribution in [1.82, 2.24) is 4.90 Å². The molecule has 1 fully saturated rings. The molecule has 4 heteroatoms. The van der Waals surface area contributed by atoms with Gasteiger partial charge in [0.1, 0.15) is 0 Å². The smallest absolute Gasteiger partial charge is 0.241 e. The summed E-state index contributed by atoms with van der Waals surface area (Å²) < 4.78 is 0. The fourth-order valence-corrected chi connectivity index (χ4v) is 3.23. The Morgan fingerprint density at radius 2 is 1.78 bits per heavy atom. The average molecular weight is 317 g/mol. The van der Waals surface area contributed by atoms with Gasteiger partial charge >= 0.3 is 0 Å². The fourth-order valence-electron chi connectivity index (χ4n) is 3.23. The highest BCUT2D eigenvalue weighted by Gasteiger charge is 2.15. The van der Waals surface area contributed by atoms with E-state index in [4.69, 9.17) is 0 Å². The number of aryl methyl sites for hydroxylation is 1. The fraction of sp³-hybridized carbons (Fsp3) is 0.632.